The minimum atomic E-state index is -0.342. The van der Waals surface area contributed by atoms with Crippen LogP contribution in [0.2, 0.25) is 0 Å². The molecule has 0 bridgehead atoms. The molecule has 0 aliphatic carbocycles. The number of fused-ring (bicyclic) bond motifs is 1. The van der Waals surface area contributed by atoms with Crippen molar-refractivity contribution in [2.75, 3.05) is 18.0 Å². The highest BCUT2D eigenvalue weighted by Crippen LogP contribution is 2.27. The van der Waals surface area contributed by atoms with E-state index < -0.39 is 0 Å². The highest BCUT2D eigenvalue weighted by Gasteiger charge is 2.10. The van der Waals surface area contributed by atoms with Crippen molar-refractivity contribution in [3.05, 3.63) is 89.3 Å². The van der Waals surface area contributed by atoms with Crippen molar-refractivity contribution in [1.29, 1.82) is 0 Å². The second kappa shape index (κ2) is 8.23. The van der Waals surface area contributed by atoms with E-state index in [4.69, 9.17) is 9.15 Å². The van der Waals surface area contributed by atoms with Gasteiger partial charge in [-0.25, -0.2) is 4.79 Å². The van der Waals surface area contributed by atoms with Crippen molar-refractivity contribution >= 4 is 16.7 Å². The maximum Gasteiger partial charge on any atom is 0.344 e. The van der Waals surface area contributed by atoms with Gasteiger partial charge in [-0.3, -0.25) is 0 Å². The fourth-order valence-electron chi connectivity index (χ4n) is 3.41. The quantitative estimate of drug-likeness (QED) is 0.376. The van der Waals surface area contributed by atoms with Crippen LogP contribution in [0.1, 0.15) is 13.8 Å². The minimum Gasteiger partial charge on any atom is -0.457 e. The molecule has 0 unspecified atom stereocenters. The number of anilines is 1. The van der Waals surface area contributed by atoms with Gasteiger partial charge in [0.1, 0.15) is 17.1 Å². The Morgan fingerprint density at radius 1 is 0.828 bits per heavy atom. The van der Waals surface area contributed by atoms with E-state index in [1.165, 1.54) is 0 Å². The first kappa shape index (κ1) is 18.8. The van der Waals surface area contributed by atoms with Crippen LogP contribution in [0.15, 0.2) is 88.1 Å². The molecule has 0 fully saturated rings. The number of para-hydroxylation sites is 1. The van der Waals surface area contributed by atoms with Crippen LogP contribution in [0.5, 0.6) is 11.5 Å². The minimum absolute atomic E-state index is 0.342. The van der Waals surface area contributed by atoms with Crippen molar-refractivity contribution in [3.8, 4) is 22.6 Å². The molecule has 0 saturated carbocycles. The number of rotatable bonds is 6. The molecule has 0 saturated heterocycles. The Labute approximate surface area is 170 Å². The molecule has 4 nitrogen and oxygen atoms in total. The van der Waals surface area contributed by atoms with E-state index in [2.05, 4.69) is 24.8 Å². The Morgan fingerprint density at radius 2 is 1.52 bits per heavy atom. The summed E-state index contributed by atoms with van der Waals surface area (Å²) in [6.07, 6.45) is 0. The molecule has 4 heteroatoms. The van der Waals surface area contributed by atoms with Crippen molar-refractivity contribution in [2.24, 2.45) is 0 Å². The highest BCUT2D eigenvalue weighted by molar-refractivity contribution is 5.84. The van der Waals surface area contributed by atoms with Crippen LogP contribution in [-0.2, 0) is 0 Å². The van der Waals surface area contributed by atoms with Gasteiger partial charge in [-0.1, -0.05) is 30.3 Å². The van der Waals surface area contributed by atoms with Gasteiger partial charge in [-0.05, 0) is 61.9 Å². The largest absolute Gasteiger partial charge is 0.457 e. The van der Waals surface area contributed by atoms with Gasteiger partial charge in [-0.15, -0.1) is 0 Å². The lowest BCUT2D eigenvalue weighted by molar-refractivity contribution is 0.483. The smallest absolute Gasteiger partial charge is 0.344 e. The van der Waals surface area contributed by atoms with Gasteiger partial charge in [0.2, 0.25) is 0 Å². The first-order valence-electron chi connectivity index (χ1n) is 9.84. The lowest BCUT2D eigenvalue weighted by atomic mass is 10.1. The molecule has 0 atom stereocenters. The third kappa shape index (κ3) is 4.02. The molecule has 0 radical (unpaired) electrons. The number of hydrogen-bond donors (Lipinski definition) is 0. The van der Waals surface area contributed by atoms with E-state index in [1.807, 2.05) is 72.8 Å². The Bertz CT molecular complexity index is 1160. The second-order valence-electron chi connectivity index (χ2n) is 6.78. The number of benzene rings is 3. The summed E-state index contributed by atoms with van der Waals surface area (Å²) in [7, 11) is 0. The predicted molar refractivity (Wildman–Crippen MR) is 118 cm³/mol. The summed E-state index contributed by atoms with van der Waals surface area (Å²) in [5, 5.41) is 0.903. The van der Waals surface area contributed by atoms with E-state index in [9.17, 15) is 4.79 Å². The first-order valence-corrected chi connectivity index (χ1v) is 9.84. The van der Waals surface area contributed by atoms with Gasteiger partial charge >= 0.3 is 5.63 Å². The zero-order chi connectivity index (χ0) is 20.2. The average molecular weight is 385 g/mol. The van der Waals surface area contributed by atoms with Gasteiger partial charge in [0, 0.05) is 30.2 Å². The number of ether oxygens (including phenoxy) is 1. The summed E-state index contributed by atoms with van der Waals surface area (Å²) in [5.41, 5.74) is 2.66. The third-order valence-electron chi connectivity index (χ3n) is 4.99. The average Bonchev–Trinajstić information content (AvgIpc) is 2.75. The van der Waals surface area contributed by atoms with Crippen LogP contribution in [0, 0.1) is 0 Å². The maximum atomic E-state index is 12.6. The fourth-order valence-corrected chi connectivity index (χ4v) is 3.41. The van der Waals surface area contributed by atoms with Crippen molar-refractivity contribution in [1.82, 2.24) is 0 Å². The van der Waals surface area contributed by atoms with E-state index >= 15 is 0 Å². The molecule has 29 heavy (non-hydrogen) atoms. The summed E-state index contributed by atoms with van der Waals surface area (Å²) >= 11 is 0. The SMILES string of the molecule is CCN(CC)c1ccc2cc(-c3ccc(Oc4ccccc4)cc3)c(=O)oc2c1. The molecule has 1 aromatic heterocycles. The maximum absolute atomic E-state index is 12.6. The summed E-state index contributed by atoms with van der Waals surface area (Å²) in [6, 6.07) is 25.0. The number of hydrogen-bond acceptors (Lipinski definition) is 4. The molecule has 0 N–H and O–H groups in total. The molecular formula is C25H23NO3. The normalized spacial score (nSPS) is 10.8. The predicted octanol–water partition coefficient (Wildman–Crippen LogP) is 6.10. The van der Waals surface area contributed by atoms with E-state index in [-0.39, 0.29) is 5.63 Å². The van der Waals surface area contributed by atoms with E-state index in [0.29, 0.717) is 16.9 Å². The topological polar surface area (TPSA) is 42.7 Å². The molecule has 146 valence electrons. The Balaban J connectivity index is 1.64. The zero-order valence-corrected chi connectivity index (χ0v) is 16.6. The summed E-state index contributed by atoms with van der Waals surface area (Å²) in [6.45, 7) is 6.03. The van der Waals surface area contributed by atoms with Crippen LogP contribution < -0.4 is 15.3 Å². The molecule has 0 aliphatic rings. The van der Waals surface area contributed by atoms with Crippen molar-refractivity contribution in [2.45, 2.75) is 13.8 Å². The monoisotopic (exact) mass is 385 g/mol. The van der Waals surface area contributed by atoms with Crippen molar-refractivity contribution < 1.29 is 9.15 Å². The lowest BCUT2D eigenvalue weighted by Crippen LogP contribution is -2.21. The van der Waals surface area contributed by atoms with Crippen LogP contribution >= 0.6 is 0 Å². The molecular weight excluding hydrogens is 362 g/mol. The van der Waals surface area contributed by atoms with Crippen molar-refractivity contribution in [3.63, 3.8) is 0 Å². The Kier molecular flexibility index (Phi) is 5.34. The highest BCUT2D eigenvalue weighted by atomic mass is 16.5. The molecule has 0 amide bonds. The summed E-state index contributed by atoms with van der Waals surface area (Å²) in [4.78, 5) is 14.8. The number of nitrogens with zero attached hydrogens (tertiary/aromatic N) is 1. The third-order valence-corrected chi connectivity index (χ3v) is 4.99. The molecule has 0 spiro atoms. The molecule has 4 aromatic rings. The Hall–Kier alpha value is -3.53. The zero-order valence-electron chi connectivity index (χ0n) is 16.6. The van der Waals surface area contributed by atoms with Crippen LogP contribution in [0.25, 0.3) is 22.1 Å². The molecule has 0 aliphatic heterocycles. The lowest BCUT2D eigenvalue weighted by Gasteiger charge is -2.21. The standard InChI is InChI=1S/C25H23NO3/c1-3-26(4-2)20-13-10-19-16-23(25(27)29-24(19)17-20)18-11-14-22(15-12-18)28-21-8-6-5-7-9-21/h5-17H,3-4H2,1-2H3. The van der Waals surface area contributed by atoms with Gasteiger partial charge in [-0.2, -0.15) is 0 Å². The van der Waals surface area contributed by atoms with Gasteiger partial charge in [0.15, 0.2) is 0 Å². The van der Waals surface area contributed by atoms with Crippen LogP contribution in [0.4, 0.5) is 5.69 Å². The summed E-state index contributed by atoms with van der Waals surface area (Å²) in [5.74, 6) is 1.49. The molecule has 3 aromatic carbocycles. The van der Waals surface area contributed by atoms with Gasteiger partial charge in [0.05, 0.1) is 5.56 Å². The van der Waals surface area contributed by atoms with E-state index in [1.54, 1.807) is 0 Å². The van der Waals surface area contributed by atoms with Gasteiger partial charge < -0.3 is 14.1 Å². The summed E-state index contributed by atoms with van der Waals surface area (Å²) < 4.78 is 11.5. The van der Waals surface area contributed by atoms with Crippen LogP contribution in [0.3, 0.4) is 0 Å². The molecule has 1 heterocycles. The molecule has 4 rings (SSSR count). The van der Waals surface area contributed by atoms with Gasteiger partial charge in [0.25, 0.3) is 0 Å². The van der Waals surface area contributed by atoms with Crippen LogP contribution in [-0.4, -0.2) is 13.1 Å². The second-order valence-corrected chi connectivity index (χ2v) is 6.78. The fraction of sp³-hybridized carbons (Fsp3) is 0.160. The Morgan fingerprint density at radius 3 is 2.21 bits per heavy atom. The first-order chi connectivity index (χ1) is 14.2. The van der Waals surface area contributed by atoms with E-state index in [0.717, 1.165) is 35.5 Å².